The van der Waals surface area contributed by atoms with E-state index < -0.39 is 0 Å². The Morgan fingerprint density at radius 2 is 2.07 bits per heavy atom. The number of thioether (sulfide) groups is 1. The molecule has 1 rings (SSSR count). The molecule has 0 aliphatic rings. The third kappa shape index (κ3) is 3.99. The van der Waals surface area contributed by atoms with Gasteiger partial charge >= 0.3 is 0 Å². The lowest BCUT2D eigenvalue weighted by Crippen LogP contribution is -2.09. The van der Waals surface area contributed by atoms with Crippen molar-refractivity contribution in [3.8, 4) is 0 Å². The molecule has 0 aromatic carbocycles. The smallest absolute Gasteiger partial charge is 0.144 e. The summed E-state index contributed by atoms with van der Waals surface area (Å²) in [6, 6.07) is 0. The standard InChI is InChI=1S/C10H16BrN3S/c1-5-12-8-7(11)9(14-6-13-8)15-10(2,3)4/h6H,5H2,1-4H3,(H,12,13,14). The Morgan fingerprint density at radius 3 is 2.60 bits per heavy atom. The summed E-state index contributed by atoms with van der Waals surface area (Å²) in [5.74, 6) is 0.860. The molecule has 0 aliphatic heterocycles. The number of anilines is 1. The minimum Gasteiger partial charge on any atom is -0.369 e. The Labute approximate surface area is 104 Å². The lowest BCUT2D eigenvalue weighted by atomic mass is 10.3. The van der Waals surface area contributed by atoms with Crippen LogP contribution < -0.4 is 5.32 Å². The summed E-state index contributed by atoms with van der Waals surface area (Å²) in [7, 11) is 0. The first-order chi connectivity index (χ1) is 6.94. The summed E-state index contributed by atoms with van der Waals surface area (Å²) in [5, 5.41) is 4.17. The molecule has 1 heterocycles. The van der Waals surface area contributed by atoms with Gasteiger partial charge in [-0.15, -0.1) is 0 Å². The molecule has 0 aliphatic carbocycles. The highest BCUT2D eigenvalue weighted by atomic mass is 79.9. The molecule has 0 fully saturated rings. The number of halogens is 1. The van der Waals surface area contributed by atoms with Gasteiger partial charge in [0.15, 0.2) is 0 Å². The largest absolute Gasteiger partial charge is 0.369 e. The van der Waals surface area contributed by atoms with Gasteiger partial charge in [0.25, 0.3) is 0 Å². The molecule has 0 saturated carbocycles. The van der Waals surface area contributed by atoms with Gasteiger partial charge in [-0.1, -0.05) is 32.5 Å². The highest BCUT2D eigenvalue weighted by Crippen LogP contribution is 2.37. The number of hydrogen-bond donors (Lipinski definition) is 1. The minimum absolute atomic E-state index is 0.153. The molecule has 0 unspecified atom stereocenters. The van der Waals surface area contributed by atoms with Gasteiger partial charge in [0.1, 0.15) is 17.2 Å². The molecule has 5 heteroatoms. The first kappa shape index (κ1) is 12.8. The van der Waals surface area contributed by atoms with E-state index in [1.165, 1.54) is 0 Å². The Morgan fingerprint density at radius 1 is 1.40 bits per heavy atom. The third-order valence-corrected chi connectivity index (χ3v) is 3.63. The number of nitrogens with one attached hydrogen (secondary N) is 1. The van der Waals surface area contributed by atoms with Crippen molar-refractivity contribution in [3.05, 3.63) is 10.8 Å². The summed E-state index contributed by atoms with van der Waals surface area (Å²) in [4.78, 5) is 8.45. The van der Waals surface area contributed by atoms with Crippen molar-refractivity contribution in [2.24, 2.45) is 0 Å². The van der Waals surface area contributed by atoms with E-state index in [0.29, 0.717) is 0 Å². The van der Waals surface area contributed by atoms with E-state index in [-0.39, 0.29) is 4.75 Å². The fourth-order valence-corrected chi connectivity index (χ4v) is 2.46. The van der Waals surface area contributed by atoms with E-state index in [1.807, 2.05) is 6.92 Å². The molecule has 84 valence electrons. The first-order valence-corrected chi connectivity index (χ1v) is 6.48. The maximum absolute atomic E-state index is 4.27. The highest BCUT2D eigenvalue weighted by molar-refractivity contribution is 9.10. The fraction of sp³-hybridized carbons (Fsp3) is 0.600. The lowest BCUT2D eigenvalue weighted by molar-refractivity contribution is 0.797. The molecule has 0 radical (unpaired) electrons. The molecule has 15 heavy (non-hydrogen) atoms. The number of rotatable bonds is 3. The first-order valence-electron chi connectivity index (χ1n) is 4.87. The van der Waals surface area contributed by atoms with Crippen molar-refractivity contribution >= 4 is 33.5 Å². The second kappa shape index (κ2) is 5.16. The van der Waals surface area contributed by atoms with Crippen molar-refractivity contribution in [1.29, 1.82) is 0 Å². The monoisotopic (exact) mass is 289 g/mol. The SMILES string of the molecule is CCNc1ncnc(SC(C)(C)C)c1Br. The number of nitrogens with zero attached hydrogens (tertiary/aromatic N) is 2. The van der Waals surface area contributed by atoms with Gasteiger partial charge in [0.2, 0.25) is 0 Å². The second-order valence-electron chi connectivity index (χ2n) is 4.09. The topological polar surface area (TPSA) is 37.8 Å². The van der Waals surface area contributed by atoms with Crippen LogP contribution in [0.3, 0.4) is 0 Å². The van der Waals surface area contributed by atoms with Gasteiger partial charge in [0, 0.05) is 11.3 Å². The summed E-state index contributed by atoms with van der Waals surface area (Å²) >= 11 is 5.26. The zero-order chi connectivity index (χ0) is 11.5. The lowest BCUT2D eigenvalue weighted by Gasteiger charge is -2.18. The van der Waals surface area contributed by atoms with Crippen LogP contribution >= 0.6 is 27.7 Å². The zero-order valence-corrected chi connectivity index (χ0v) is 11.9. The van der Waals surface area contributed by atoms with Crippen LogP contribution in [0.15, 0.2) is 15.8 Å². The molecule has 1 aromatic rings. The van der Waals surface area contributed by atoms with Crippen LogP contribution in [-0.2, 0) is 0 Å². The van der Waals surface area contributed by atoms with Crippen LogP contribution in [0.25, 0.3) is 0 Å². The van der Waals surface area contributed by atoms with Crippen LogP contribution in [0.5, 0.6) is 0 Å². The minimum atomic E-state index is 0.153. The van der Waals surface area contributed by atoms with Crippen LogP contribution in [0.4, 0.5) is 5.82 Å². The van der Waals surface area contributed by atoms with Gasteiger partial charge in [-0.2, -0.15) is 0 Å². The average molecular weight is 290 g/mol. The van der Waals surface area contributed by atoms with Gasteiger partial charge in [-0.3, -0.25) is 0 Å². The van der Waals surface area contributed by atoms with Gasteiger partial charge in [0.05, 0.1) is 4.47 Å². The van der Waals surface area contributed by atoms with E-state index in [2.05, 4.69) is 52.0 Å². The highest BCUT2D eigenvalue weighted by Gasteiger charge is 2.17. The Balaban J connectivity index is 2.94. The van der Waals surface area contributed by atoms with E-state index in [9.17, 15) is 0 Å². The summed E-state index contributed by atoms with van der Waals surface area (Å²) < 4.78 is 1.10. The molecule has 0 amide bonds. The molecule has 1 N–H and O–H groups in total. The fourth-order valence-electron chi connectivity index (χ4n) is 1.01. The van der Waals surface area contributed by atoms with Crippen molar-refractivity contribution < 1.29 is 0 Å². The number of aromatic nitrogens is 2. The summed E-state index contributed by atoms with van der Waals surface area (Å²) in [6.45, 7) is 9.40. The molecule has 0 spiro atoms. The van der Waals surface area contributed by atoms with Crippen LogP contribution in [-0.4, -0.2) is 21.3 Å². The van der Waals surface area contributed by atoms with Crippen molar-refractivity contribution in [1.82, 2.24) is 9.97 Å². The molecular weight excluding hydrogens is 274 g/mol. The van der Waals surface area contributed by atoms with E-state index in [4.69, 9.17) is 0 Å². The van der Waals surface area contributed by atoms with Gasteiger partial charge < -0.3 is 5.32 Å². The van der Waals surface area contributed by atoms with Gasteiger partial charge in [-0.05, 0) is 22.9 Å². The molecule has 1 aromatic heterocycles. The Hall–Kier alpha value is -0.290. The molecule has 0 saturated heterocycles. The van der Waals surface area contributed by atoms with Gasteiger partial charge in [-0.25, -0.2) is 9.97 Å². The average Bonchev–Trinajstić information content (AvgIpc) is 2.10. The summed E-state index contributed by atoms with van der Waals surface area (Å²) in [6.07, 6.45) is 1.59. The maximum atomic E-state index is 4.27. The van der Waals surface area contributed by atoms with Crippen molar-refractivity contribution in [3.63, 3.8) is 0 Å². The third-order valence-electron chi connectivity index (χ3n) is 1.50. The van der Waals surface area contributed by atoms with Crippen LogP contribution in [0.2, 0.25) is 0 Å². The Kier molecular flexibility index (Phi) is 4.40. The predicted octanol–water partition coefficient (Wildman–Crippen LogP) is 3.56. The summed E-state index contributed by atoms with van der Waals surface area (Å²) in [5.41, 5.74) is 0. The maximum Gasteiger partial charge on any atom is 0.144 e. The Bertz CT molecular complexity index is 336. The van der Waals surface area contributed by atoms with E-state index in [0.717, 1.165) is 21.9 Å². The normalized spacial score (nSPS) is 11.5. The van der Waals surface area contributed by atoms with Crippen molar-refractivity contribution in [2.45, 2.75) is 37.5 Å². The van der Waals surface area contributed by atoms with Crippen LogP contribution in [0.1, 0.15) is 27.7 Å². The van der Waals surface area contributed by atoms with Crippen LogP contribution in [0, 0.1) is 0 Å². The van der Waals surface area contributed by atoms with E-state index in [1.54, 1.807) is 18.1 Å². The molecule has 0 atom stereocenters. The predicted molar refractivity (Wildman–Crippen MR) is 69.5 cm³/mol. The zero-order valence-electron chi connectivity index (χ0n) is 9.47. The molecule has 3 nitrogen and oxygen atoms in total. The van der Waals surface area contributed by atoms with E-state index >= 15 is 0 Å². The number of hydrogen-bond acceptors (Lipinski definition) is 4. The second-order valence-corrected chi connectivity index (χ2v) is 6.69. The molecular formula is C10H16BrN3S. The molecule has 0 bridgehead atoms. The quantitative estimate of drug-likeness (QED) is 0.682. The van der Waals surface area contributed by atoms with Crippen molar-refractivity contribution in [2.75, 3.05) is 11.9 Å².